The van der Waals surface area contributed by atoms with Crippen LogP contribution in [-0.4, -0.2) is 28.1 Å². The van der Waals surface area contributed by atoms with Gasteiger partial charge in [0.15, 0.2) is 0 Å². The fraction of sp³-hybridized carbons (Fsp3) is 0.412. The van der Waals surface area contributed by atoms with Gasteiger partial charge in [0.1, 0.15) is 18.2 Å². The van der Waals surface area contributed by atoms with Crippen LogP contribution in [-0.2, 0) is 24.2 Å². The number of amides is 1. The van der Waals surface area contributed by atoms with E-state index in [4.69, 9.17) is 16.3 Å². The van der Waals surface area contributed by atoms with E-state index in [1.165, 1.54) is 0 Å². The molecule has 1 amide bonds. The monoisotopic (exact) mass is 331 g/mol. The Bertz CT molecular complexity index is 743. The largest absolute Gasteiger partial charge is 0.492 e. The topological polar surface area (TPSA) is 56.2 Å². The van der Waals surface area contributed by atoms with Gasteiger partial charge in [0, 0.05) is 36.4 Å². The highest BCUT2D eigenvalue weighted by molar-refractivity contribution is 6.30. The van der Waals surface area contributed by atoms with Crippen LogP contribution in [0.15, 0.2) is 30.6 Å². The minimum Gasteiger partial charge on any atom is -0.492 e. The van der Waals surface area contributed by atoms with Crippen molar-refractivity contribution < 1.29 is 9.53 Å². The number of rotatable bonds is 2. The zero-order valence-electron chi connectivity index (χ0n) is 12.7. The van der Waals surface area contributed by atoms with Gasteiger partial charge >= 0.3 is 0 Å². The number of nitrogens with one attached hydrogen (secondary N) is 1. The second kappa shape index (κ2) is 5.89. The summed E-state index contributed by atoms with van der Waals surface area (Å²) in [7, 11) is 0. The number of hydrogen-bond donors (Lipinski definition) is 1. The predicted molar refractivity (Wildman–Crippen MR) is 86.6 cm³/mol. The van der Waals surface area contributed by atoms with Crippen molar-refractivity contribution in [3.05, 3.63) is 47.0 Å². The van der Waals surface area contributed by atoms with E-state index in [2.05, 4.69) is 14.9 Å². The number of aromatic nitrogens is 2. The Hall–Kier alpha value is -2.01. The molecule has 0 spiro atoms. The number of imidazole rings is 1. The first kappa shape index (κ1) is 14.6. The summed E-state index contributed by atoms with van der Waals surface area (Å²) < 4.78 is 7.82. The van der Waals surface area contributed by atoms with Crippen molar-refractivity contribution in [2.24, 2.45) is 5.92 Å². The Balaban J connectivity index is 1.41. The first-order chi connectivity index (χ1) is 11.2. The zero-order chi connectivity index (χ0) is 15.8. The predicted octanol–water partition coefficient (Wildman–Crippen LogP) is 2.22. The molecule has 1 aromatic heterocycles. The third-order valence-electron chi connectivity index (χ3n) is 4.58. The molecule has 0 saturated heterocycles. The van der Waals surface area contributed by atoms with Crippen LogP contribution in [0.3, 0.4) is 0 Å². The number of carbonyl (C=O) groups excluding carboxylic acids is 1. The normalized spacial score (nSPS) is 22.7. The molecule has 2 aliphatic rings. The van der Waals surface area contributed by atoms with E-state index in [1.807, 2.05) is 30.6 Å². The Morgan fingerprint density at radius 2 is 2.35 bits per heavy atom. The van der Waals surface area contributed by atoms with Crippen LogP contribution in [0.2, 0.25) is 5.02 Å². The number of halogens is 1. The van der Waals surface area contributed by atoms with Crippen LogP contribution < -0.4 is 10.1 Å². The van der Waals surface area contributed by atoms with Crippen molar-refractivity contribution in [1.82, 2.24) is 14.9 Å². The van der Waals surface area contributed by atoms with Gasteiger partial charge in [-0.15, -0.1) is 0 Å². The van der Waals surface area contributed by atoms with Gasteiger partial charge in [0.2, 0.25) is 5.91 Å². The lowest BCUT2D eigenvalue weighted by Gasteiger charge is -2.29. The van der Waals surface area contributed by atoms with E-state index >= 15 is 0 Å². The van der Waals surface area contributed by atoms with Crippen LogP contribution >= 0.6 is 11.6 Å². The summed E-state index contributed by atoms with van der Waals surface area (Å²) in [6.07, 6.45) is 6.28. The standard InChI is InChI=1S/C17H18ClN3O2/c18-13-1-3-15-11(8-13)7-12(10-23-15)17(22)20-14-2-4-16-19-5-6-21(16)9-14/h1,3,5-6,8,12,14H,2,4,7,9-10H2,(H,20,22)/t12-,14+/m0/s1. The van der Waals surface area contributed by atoms with Gasteiger partial charge in [-0.2, -0.15) is 0 Å². The second-order valence-corrected chi connectivity index (χ2v) is 6.64. The molecule has 4 rings (SSSR count). The zero-order valence-corrected chi connectivity index (χ0v) is 13.4. The van der Waals surface area contributed by atoms with Gasteiger partial charge in [0.25, 0.3) is 0 Å². The lowest BCUT2D eigenvalue weighted by Crippen LogP contribution is -2.46. The van der Waals surface area contributed by atoms with E-state index in [0.29, 0.717) is 18.1 Å². The van der Waals surface area contributed by atoms with Gasteiger partial charge in [-0.3, -0.25) is 4.79 Å². The van der Waals surface area contributed by atoms with Crippen molar-refractivity contribution in [1.29, 1.82) is 0 Å². The number of benzene rings is 1. The fourth-order valence-electron chi connectivity index (χ4n) is 3.33. The molecule has 5 nitrogen and oxygen atoms in total. The molecule has 6 heteroatoms. The Labute approximate surface area is 139 Å². The molecule has 0 saturated carbocycles. The number of carbonyl (C=O) groups is 1. The molecule has 2 aromatic rings. The van der Waals surface area contributed by atoms with Crippen molar-refractivity contribution in [3.8, 4) is 5.75 Å². The van der Waals surface area contributed by atoms with Gasteiger partial charge in [-0.05, 0) is 36.6 Å². The third-order valence-corrected chi connectivity index (χ3v) is 4.82. The number of aryl methyl sites for hydroxylation is 1. The maximum atomic E-state index is 12.6. The first-order valence-electron chi connectivity index (χ1n) is 7.90. The second-order valence-electron chi connectivity index (χ2n) is 6.20. The molecular weight excluding hydrogens is 314 g/mol. The van der Waals surface area contributed by atoms with E-state index in [0.717, 1.165) is 36.5 Å². The average molecular weight is 332 g/mol. The molecule has 23 heavy (non-hydrogen) atoms. The summed E-state index contributed by atoms with van der Waals surface area (Å²) in [5.41, 5.74) is 1.00. The lowest BCUT2D eigenvalue weighted by molar-refractivity contribution is -0.127. The van der Waals surface area contributed by atoms with Gasteiger partial charge in [-0.1, -0.05) is 11.6 Å². The molecule has 2 aliphatic heterocycles. The van der Waals surface area contributed by atoms with Gasteiger partial charge in [-0.25, -0.2) is 4.98 Å². The molecule has 0 bridgehead atoms. The molecule has 3 heterocycles. The summed E-state index contributed by atoms with van der Waals surface area (Å²) in [6, 6.07) is 5.72. The Kier molecular flexibility index (Phi) is 3.73. The molecule has 0 fully saturated rings. The molecule has 1 N–H and O–H groups in total. The van der Waals surface area contributed by atoms with Crippen molar-refractivity contribution in [3.63, 3.8) is 0 Å². The molecule has 0 aliphatic carbocycles. The quantitative estimate of drug-likeness (QED) is 0.918. The molecule has 1 aromatic carbocycles. The number of ether oxygens (including phenoxy) is 1. The van der Waals surface area contributed by atoms with Crippen molar-refractivity contribution in [2.75, 3.05) is 6.61 Å². The summed E-state index contributed by atoms with van der Waals surface area (Å²) in [4.78, 5) is 16.9. The molecule has 0 unspecified atom stereocenters. The highest BCUT2D eigenvalue weighted by Gasteiger charge is 2.29. The molecule has 2 atom stereocenters. The summed E-state index contributed by atoms with van der Waals surface area (Å²) >= 11 is 6.03. The maximum absolute atomic E-state index is 12.6. The average Bonchev–Trinajstić information content (AvgIpc) is 3.01. The molecule has 120 valence electrons. The Morgan fingerprint density at radius 3 is 3.26 bits per heavy atom. The summed E-state index contributed by atoms with van der Waals surface area (Å²) in [5.74, 6) is 1.83. The Morgan fingerprint density at radius 1 is 1.43 bits per heavy atom. The van der Waals surface area contributed by atoms with E-state index in [1.54, 1.807) is 0 Å². The lowest BCUT2D eigenvalue weighted by atomic mass is 9.95. The van der Waals surface area contributed by atoms with E-state index in [9.17, 15) is 4.79 Å². The molecule has 0 radical (unpaired) electrons. The van der Waals surface area contributed by atoms with Crippen molar-refractivity contribution in [2.45, 2.75) is 31.8 Å². The molecular formula is C17H18ClN3O2. The van der Waals surface area contributed by atoms with Gasteiger partial charge < -0.3 is 14.6 Å². The van der Waals surface area contributed by atoms with E-state index in [-0.39, 0.29) is 17.9 Å². The number of fused-ring (bicyclic) bond motifs is 2. The first-order valence-corrected chi connectivity index (χ1v) is 8.28. The van der Waals surface area contributed by atoms with Crippen LogP contribution in [0, 0.1) is 5.92 Å². The SMILES string of the molecule is O=C(N[C@@H]1CCc2nccn2C1)[C@@H]1COc2ccc(Cl)cc2C1. The minimum absolute atomic E-state index is 0.0594. The van der Waals surface area contributed by atoms with E-state index < -0.39 is 0 Å². The summed E-state index contributed by atoms with van der Waals surface area (Å²) in [6.45, 7) is 1.21. The highest BCUT2D eigenvalue weighted by Crippen LogP contribution is 2.30. The van der Waals surface area contributed by atoms with Crippen LogP contribution in [0.1, 0.15) is 17.8 Å². The van der Waals surface area contributed by atoms with Crippen LogP contribution in [0.25, 0.3) is 0 Å². The van der Waals surface area contributed by atoms with Gasteiger partial charge in [0.05, 0.1) is 5.92 Å². The van der Waals surface area contributed by atoms with Crippen LogP contribution in [0.4, 0.5) is 0 Å². The number of hydrogen-bond acceptors (Lipinski definition) is 3. The maximum Gasteiger partial charge on any atom is 0.227 e. The van der Waals surface area contributed by atoms with Crippen LogP contribution in [0.5, 0.6) is 5.75 Å². The number of nitrogens with zero attached hydrogens (tertiary/aromatic N) is 2. The highest BCUT2D eigenvalue weighted by atomic mass is 35.5. The minimum atomic E-state index is -0.162. The van der Waals surface area contributed by atoms with Crippen molar-refractivity contribution >= 4 is 17.5 Å². The fourth-order valence-corrected chi connectivity index (χ4v) is 3.53. The summed E-state index contributed by atoms with van der Waals surface area (Å²) in [5, 5.41) is 3.84. The third kappa shape index (κ3) is 2.93. The smallest absolute Gasteiger partial charge is 0.227 e.